The average molecular weight is 309 g/mol. The van der Waals surface area contributed by atoms with Crippen LogP contribution >= 0.6 is 11.3 Å². The minimum Gasteiger partial charge on any atom is -0.480 e. The van der Waals surface area contributed by atoms with Crippen LogP contribution < -0.4 is 5.32 Å². The summed E-state index contributed by atoms with van der Waals surface area (Å²) in [5.41, 5.74) is 0.0757. The molecule has 2 fully saturated rings. The molecule has 0 radical (unpaired) electrons. The number of nitrogens with one attached hydrogen (secondary N) is 1. The summed E-state index contributed by atoms with van der Waals surface area (Å²) in [7, 11) is 0. The van der Waals surface area contributed by atoms with E-state index in [1.165, 1.54) is 10.4 Å². The lowest BCUT2D eigenvalue weighted by Crippen LogP contribution is -2.57. The van der Waals surface area contributed by atoms with Crippen LogP contribution in [0.1, 0.15) is 35.6 Å². The molecule has 0 spiro atoms. The molecule has 1 amide bonds. The summed E-state index contributed by atoms with van der Waals surface area (Å²) in [6, 6.07) is 2.06. The van der Waals surface area contributed by atoms with Gasteiger partial charge in [0.1, 0.15) is 5.54 Å². The number of ether oxygens (including phenoxy) is 1. The zero-order chi connectivity index (χ0) is 15.0. The minimum absolute atomic E-state index is 0.0820. The molecule has 1 aromatic heterocycles. The van der Waals surface area contributed by atoms with Crippen molar-refractivity contribution in [2.24, 2.45) is 5.92 Å². The van der Waals surface area contributed by atoms with Gasteiger partial charge in [0, 0.05) is 42.8 Å². The number of carbonyl (C=O) groups is 2. The standard InChI is InChI=1S/C15H19NO4S/c1-9-2-7-21-12(9)10-8-11(10)13(17)16-15(14(18)19)3-5-20-6-4-15/h2,7,10-11H,3-6,8H2,1H3,(H,16,17)(H,18,19). The van der Waals surface area contributed by atoms with E-state index in [2.05, 4.69) is 18.3 Å². The summed E-state index contributed by atoms with van der Waals surface area (Å²) in [5.74, 6) is -0.905. The molecule has 6 heteroatoms. The fourth-order valence-corrected chi connectivity index (χ4v) is 4.09. The van der Waals surface area contributed by atoms with Crippen LogP contribution in [0.15, 0.2) is 11.4 Å². The first-order valence-electron chi connectivity index (χ1n) is 7.21. The van der Waals surface area contributed by atoms with Crippen molar-refractivity contribution in [3.05, 3.63) is 21.9 Å². The molecule has 0 aromatic carbocycles. The van der Waals surface area contributed by atoms with Gasteiger partial charge in [-0.25, -0.2) is 4.79 Å². The Hall–Kier alpha value is -1.40. The third-order valence-electron chi connectivity index (χ3n) is 4.48. The van der Waals surface area contributed by atoms with Gasteiger partial charge in [0.25, 0.3) is 0 Å². The largest absolute Gasteiger partial charge is 0.480 e. The second kappa shape index (κ2) is 5.42. The van der Waals surface area contributed by atoms with Crippen LogP contribution in [-0.4, -0.2) is 35.7 Å². The molecule has 1 saturated carbocycles. The Morgan fingerprint density at radius 2 is 2.14 bits per heavy atom. The highest BCUT2D eigenvalue weighted by atomic mass is 32.1. The summed E-state index contributed by atoms with van der Waals surface area (Å²) in [4.78, 5) is 25.2. The Morgan fingerprint density at radius 1 is 1.43 bits per heavy atom. The molecule has 2 unspecified atom stereocenters. The SMILES string of the molecule is Cc1ccsc1C1CC1C(=O)NC1(C(=O)O)CCOCC1. The fraction of sp³-hybridized carbons (Fsp3) is 0.600. The predicted molar refractivity (Wildman–Crippen MR) is 78.5 cm³/mol. The number of aliphatic carboxylic acids is 1. The summed E-state index contributed by atoms with van der Waals surface area (Å²) >= 11 is 1.68. The summed E-state index contributed by atoms with van der Waals surface area (Å²) in [6.45, 7) is 2.81. The van der Waals surface area contributed by atoms with Crippen molar-refractivity contribution in [3.8, 4) is 0 Å². The lowest BCUT2D eigenvalue weighted by atomic mass is 9.90. The second-order valence-corrected chi connectivity index (χ2v) is 6.85. The normalized spacial score (nSPS) is 27.1. The molecule has 1 aliphatic carbocycles. The maximum Gasteiger partial charge on any atom is 0.329 e. The van der Waals surface area contributed by atoms with Crippen LogP contribution in [0.5, 0.6) is 0 Å². The van der Waals surface area contributed by atoms with Gasteiger partial charge >= 0.3 is 5.97 Å². The van der Waals surface area contributed by atoms with Crippen LogP contribution in [0.4, 0.5) is 0 Å². The van der Waals surface area contributed by atoms with E-state index >= 15 is 0 Å². The minimum atomic E-state index is -1.15. The van der Waals surface area contributed by atoms with E-state index in [0.717, 1.165) is 6.42 Å². The van der Waals surface area contributed by atoms with Gasteiger partial charge in [-0.2, -0.15) is 0 Å². The van der Waals surface area contributed by atoms with E-state index < -0.39 is 11.5 Å². The molecule has 114 valence electrons. The Balaban J connectivity index is 1.67. The Kier molecular flexibility index (Phi) is 3.75. The van der Waals surface area contributed by atoms with Crippen LogP contribution in [0.3, 0.4) is 0 Å². The van der Waals surface area contributed by atoms with Crippen LogP contribution in [0, 0.1) is 12.8 Å². The zero-order valence-electron chi connectivity index (χ0n) is 11.9. The van der Waals surface area contributed by atoms with Gasteiger partial charge in [-0.15, -0.1) is 11.3 Å². The molecule has 3 rings (SSSR count). The van der Waals surface area contributed by atoms with Crippen molar-refractivity contribution in [3.63, 3.8) is 0 Å². The van der Waals surface area contributed by atoms with E-state index in [0.29, 0.717) is 26.1 Å². The quantitative estimate of drug-likeness (QED) is 0.891. The fourth-order valence-electron chi connectivity index (χ4n) is 2.98. The van der Waals surface area contributed by atoms with Crippen molar-refractivity contribution in [1.82, 2.24) is 5.32 Å². The first kappa shape index (κ1) is 14.5. The second-order valence-electron chi connectivity index (χ2n) is 5.91. The van der Waals surface area contributed by atoms with Gasteiger partial charge in [0.15, 0.2) is 0 Å². The van der Waals surface area contributed by atoms with Crippen LogP contribution in [0.2, 0.25) is 0 Å². The Morgan fingerprint density at radius 3 is 2.71 bits per heavy atom. The molecule has 0 bridgehead atoms. The molecule has 1 saturated heterocycles. The van der Waals surface area contributed by atoms with E-state index in [1.54, 1.807) is 11.3 Å². The predicted octanol–water partition coefficient (Wildman–Crippen LogP) is 1.91. The number of amides is 1. The third kappa shape index (κ3) is 2.70. The van der Waals surface area contributed by atoms with Gasteiger partial charge < -0.3 is 15.2 Å². The zero-order valence-corrected chi connectivity index (χ0v) is 12.7. The molecule has 5 nitrogen and oxygen atoms in total. The Bertz CT molecular complexity index is 562. The molecule has 1 aliphatic heterocycles. The van der Waals surface area contributed by atoms with Gasteiger partial charge in [-0.05, 0) is 30.4 Å². The maximum absolute atomic E-state index is 12.4. The monoisotopic (exact) mass is 309 g/mol. The number of rotatable bonds is 4. The first-order chi connectivity index (χ1) is 10.0. The van der Waals surface area contributed by atoms with Crippen LogP contribution in [-0.2, 0) is 14.3 Å². The van der Waals surface area contributed by atoms with Crippen molar-refractivity contribution < 1.29 is 19.4 Å². The van der Waals surface area contributed by atoms with Gasteiger partial charge in [0.2, 0.25) is 5.91 Å². The maximum atomic E-state index is 12.4. The molecule has 2 N–H and O–H groups in total. The number of hydrogen-bond donors (Lipinski definition) is 2. The number of carboxylic acids is 1. The molecule has 2 aliphatic rings. The first-order valence-corrected chi connectivity index (χ1v) is 8.08. The molecule has 2 atom stereocenters. The summed E-state index contributed by atoms with van der Waals surface area (Å²) in [5, 5.41) is 14.3. The van der Waals surface area contributed by atoms with Gasteiger partial charge in [0.05, 0.1) is 0 Å². The van der Waals surface area contributed by atoms with Gasteiger partial charge in [-0.3, -0.25) is 4.79 Å². The highest BCUT2D eigenvalue weighted by Gasteiger charge is 2.49. The smallest absolute Gasteiger partial charge is 0.329 e. The highest BCUT2D eigenvalue weighted by molar-refractivity contribution is 7.10. The lowest BCUT2D eigenvalue weighted by molar-refractivity contribution is -0.152. The van der Waals surface area contributed by atoms with Crippen molar-refractivity contribution in [2.45, 2.75) is 37.6 Å². The third-order valence-corrected chi connectivity index (χ3v) is 5.63. The number of carbonyl (C=O) groups excluding carboxylic acids is 1. The molecule has 21 heavy (non-hydrogen) atoms. The Labute approximate surface area is 127 Å². The number of aryl methyl sites for hydroxylation is 1. The van der Waals surface area contributed by atoms with Crippen molar-refractivity contribution in [1.29, 1.82) is 0 Å². The number of hydrogen-bond acceptors (Lipinski definition) is 4. The van der Waals surface area contributed by atoms with E-state index in [1.807, 2.05) is 5.38 Å². The van der Waals surface area contributed by atoms with E-state index in [-0.39, 0.29) is 17.7 Å². The van der Waals surface area contributed by atoms with Gasteiger partial charge in [-0.1, -0.05) is 0 Å². The molecular weight excluding hydrogens is 290 g/mol. The number of carboxylic acid groups (broad SMARTS) is 1. The molecular formula is C15H19NO4S. The van der Waals surface area contributed by atoms with Crippen molar-refractivity contribution in [2.75, 3.05) is 13.2 Å². The highest BCUT2D eigenvalue weighted by Crippen LogP contribution is 2.50. The molecule has 1 aromatic rings. The van der Waals surface area contributed by atoms with Crippen LogP contribution in [0.25, 0.3) is 0 Å². The summed E-state index contributed by atoms with van der Waals surface area (Å²) < 4.78 is 5.22. The number of thiophene rings is 1. The van der Waals surface area contributed by atoms with E-state index in [9.17, 15) is 14.7 Å². The van der Waals surface area contributed by atoms with E-state index in [4.69, 9.17) is 4.74 Å². The topological polar surface area (TPSA) is 75.6 Å². The van der Waals surface area contributed by atoms with Crippen molar-refractivity contribution >= 4 is 23.2 Å². The lowest BCUT2D eigenvalue weighted by Gasteiger charge is -2.34. The molecule has 2 heterocycles. The average Bonchev–Trinajstić information content (AvgIpc) is 3.15. The summed E-state index contributed by atoms with van der Waals surface area (Å²) in [6.07, 6.45) is 1.49.